The van der Waals surface area contributed by atoms with E-state index in [0.717, 1.165) is 9.87 Å². The molecule has 4 rings (SSSR count). The van der Waals surface area contributed by atoms with Crippen LogP contribution < -0.4 is 9.62 Å². The molecule has 0 unspecified atom stereocenters. The number of carbonyl (C=O) groups is 2. The van der Waals surface area contributed by atoms with E-state index in [4.69, 9.17) is 23.2 Å². The molecule has 11 heteroatoms. The minimum Gasteiger partial charge on any atom is -0.352 e. The summed E-state index contributed by atoms with van der Waals surface area (Å²) >= 11 is 12.8. The highest BCUT2D eigenvalue weighted by molar-refractivity contribution is 7.92. The van der Waals surface area contributed by atoms with Crippen molar-refractivity contribution in [3.63, 3.8) is 0 Å². The van der Waals surface area contributed by atoms with Gasteiger partial charge in [0.15, 0.2) is 0 Å². The van der Waals surface area contributed by atoms with Crippen molar-refractivity contribution >= 4 is 50.7 Å². The SMILES string of the molecule is CC[C@@H](C)NC(=O)[C@H](Cc1ccccc1)N(Cc1ccc(F)cc1)C(=O)CN(c1cc(Cl)ccc1Cl)S(=O)(=O)c1ccccc1. The number of sulfonamides is 1. The van der Waals surface area contributed by atoms with Crippen LogP contribution in [0, 0.1) is 5.82 Å². The van der Waals surface area contributed by atoms with Gasteiger partial charge in [0, 0.05) is 24.0 Å². The highest BCUT2D eigenvalue weighted by Gasteiger charge is 2.35. The molecular formula is C34H34Cl2FN3O4S. The maximum absolute atomic E-state index is 14.5. The van der Waals surface area contributed by atoms with Gasteiger partial charge in [-0.1, -0.05) is 90.8 Å². The van der Waals surface area contributed by atoms with Crippen LogP contribution in [0.1, 0.15) is 31.4 Å². The highest BCUT2D eigenvalue weighted by atomic mass is 35.5. The molecule has 2 amide bonds. The number of halogens is 3. The fourth-order valence-electron chi connectivity index (χ4n) is 4.69. The molecule has 0 aliphatic carbocycles. The molecule has 4 aromatic carbocycles. The number of hydrogen-bond acceptors (Lipinski definition) is 4. The Morgan fingerprint density at radius 1 is 0.867 bits per heavy atom. The lowest BCUT2D eigenvalue weighted by Crippen LogP contribution is -2.54. The summed E-state index contributed by atoms with van der Waals surface area (Å²) in [7, 11) is -4.34. The molecule has 236 valence electrons. The first kappa shape index (κ1) is 34.0. The molecule has 0 spiro atoms. The summed E-state index contributed by atoms with van der Waals surface area (Å²) in [5.74, 6) is -1.53. The number of nitrogens with one attached hydrogen (secondary N) is 1. The second-order valence-electron chi connectivity index (χ2n) is 10.6. The molecule has 0 bridgehead atoms. The number of anilines is 1. The first-order valence-corrected chi connectivity index (χ1v) is 16.6. The van der Waals surface area contributed by atoms with Crippen molar-refractivity contribution in [1.29, 1.82) is 0 Å². The molecule has 45 heavy (non-hydrogen) atoms. The van der Waals surface area contributed by atoms with Gasteiger partial charge in [-0.25, -0.2) is 12.8 Å². The lowest BCUT2D eigenvalue weighted by Gasteiger charge is -2.34. The first-order valence-electron chi connectivity index (χ1n) is 14.4. The summed E-state index contributed by atoms with van der Waals surface area (Å²) in [4.78, 5) is 29.6. The monoisotopic (exact) mass is 669 g/mol. The van der Waals surface area contributed by atoms with Crippen molar-refractivity contribution in [2.24, 2.45) is 0 Å². The topological polar surface area (TPSA) is 86.8 Å². The Bertz CT molecular complexity index is 1710. The third kappa shape index (κ3) is 8.84. The summed E-state index contributed by atoms with van der Waals surface area (Å²) in [6.45, 7) is 3.01. The van der Waals surface area contributed by atoms with Crippen LogP contribution in [-0.2, 0) is 32.6 Å². The van der Waals surface area contributed by atoms with Gasteiger partial charge in [0.1, 0.15) is 18.4 Å². The zero-order chi connectivity index (χ0) is 32.6. The van der Waals surface area contributed by atoms with Gasteiger partial charge in [0.25, 0.3) is 10.0 Å². The third-order valence-corrected chi connectivity index (χ3v) is 9.65. The van der Waals surface area contributed by atoms with Crippen LogP contribution in [-0.4, -0.2) is 43.8 Å². The van der Waals surface area contributed by atoms with Crippen LogP contribution in [0.15, 0.2) is 108 Å². The van der Waals surface area contributed by atoms with E-state index in [2.05, 4.69) is 5.32 Å². The van der Waals surface area contributed by atoms with Crippen molar-refractivity contribution in [1.82, 2.24) is 10.2 Å². The van der Waals surface area contributed by atoms with Gasteiger partial charge in [-0.2, -0.15) is 0 Å². The molecule has 0 radical (unpaired) electrons. The average Bonchev–Trinajstić information content (AvgIpc) is 3.04. The van der Waals surface area contributed by atoms with Crippen molar-refractivity contribution in [2.75, 3.05) is 10.8 Å². The van der Waals surface area contributed by atoms with E-state index in [1.54, 1.807) is 18.2 Å². The minimum atomic E-state index is -4.34. The van der Waals surface area contributed by atoms with E-state index in [9.17, 15) is 22.4 Å². The van der Waals surface area contributed by atoms with Crippen molar-refractivity contribution in [3.8, 4) is 0 Å². The van der Waals surface area contributed by atoms with Gasteiger partial charge in [-0.3, -0.25) is 13.9 Å². The number of hydrogen-bond donors (Lipinski definition) is 1. The Morgan fingerprint density at radius 2 is 1.49 bits per heavy atom. The van der Waals surface area contributed by atoms with Gasteiger partial charge < -0.3 is 10.2 Å². The molecule has 4 aromatic rings. The second kappa shape index (κ2) is 15.4. The molecule has 0 heterocycles. The zero-order valence-corrected chi connectivity index (χ0v) is 27.2. The average molecular weight is 671 g/mol. The molecule has 0 aliphatic rings. The van der Waals surface area contributed by atoms with Crippen LogP contribution >= 0.6 is 23.2 Å². The molecule has 0 aliphatic heterocycles. The summed E-state index contributed by atoms with van der Waals surface area (Å²) < 4.78 is 42.8. The number of carbonyl (C=O) groups excluding carboxylic acids is 2. The maximum atomic E-state index is 14.5. The Morgan fingerprint density at radius 3 is 2.11 bits per heavy atom. The van der Waals surface area contributed by atoms with Gasteiger partial charge in [-0.15, -0.1) is 0 Å². The number of nitrogens with zero attached hydrogens (tertiary/aromatic N) is 2. The summed E-state index contributed by atoms with van der Waals surface area (Å²) in [5.41, 5.74) is 1.36. The third-order valence-electron chi connectivity index (χ3n) is 7.33. The standard InChI is InChI=1S/C34H34Cl2FN3O4S/c1-3-24(2)38-34(42)32(20-25-10-6-4-7-11-25)39(22-26-14-17-28(37)18-15-26)33(41)23-40(31-21-27(35)16-19-30(31)36)45(43,44)29-12-8-5-9-13-29/h4-19,21,24,32H,3,20,22-23H2,1-2H3,(H,38,42)/t24-,32+/m1/s1. The Labute approximate surface area is 273 Å². The fraction of sp³-hybridized carbons (Fsp3) is 0.235. The van der Waals surface area contributed by atoms with E-state index in [0.29, 0.717) is 12.0 Å². The Kier molecular flexibility index (Phi) is 11.6. The van der Waals surface area contributed by atoms with Gasteiger partial charge in [0.05, 0.1) is 15.6 Å². The minimum absolute atomic E-state index is 0.00627. The Balaban J connectivity index is 1.83. The predicted octanol–water partition coefficient (Wildman–Crippen LogP) is 6.88. The molecule has 0 aromatic heterocycles. The molecule has 2 atom stereocenters. The largest absolute Gasteiger partial charge is 0.352 e. The summed E-state index contributed by atoms with van der Waals surface area (Å²) in [6.07, 6.45) is 0.811. The predicted molar refractivity (Wildman–Crippen MR) is 176 cm³/mol. The van der Waals surface area contributed by atoms with E-state index in [-0.39, 0.29) is 39.6 Å². The van der Waals surface area contributed by atoms with E-state index in [1.807, 2.05) is 44.2 Å². The molecule has 7 nitrogen and oxygen atoms in total. The number of rotatable bonds is 13. The lowest BCUT2D eigenvalue weighted by molar-refractivity contribution is -0.140. The van der Waals surface area contributed by atoms with Gasteiger partial charge >= 0.3 is 0 Å². The molecule has 0 saturated carbocycles. The lowest BCUT2D eigenvalue weighted by atomic mass is 10.0. The van der Waals surface area contributed by atoms with Crippen LogP contribution in [0.25, 0.3) is 0 Å². The normalized spacial score (nSPS) is 12.6. The number of benzene rings is 4. The van der Waals surface area contributed by atoms with Crippen LogP contribution in [0.2, 0.25) is 10.0 Å². The fourth-order valence-corrected chi connectivity index (χ4v) is 6.57. The molecule has 1 N–H and O–H groups in total. The van der Waals surface area contributed by atoms with E-state index in [1.165, 1.54) is 59.5 Å². The van der Waals surface area contributed by atoms with Gasteiger partial charge in [0.2, 0.25) is 11.8 Å². The quantitative estimate of drug-likeness (QED) is 0.168. The van der Waals surface area contributed by atoms with Crippen molar-refractivity contribution in [2.45, 2.75) is 50.2 Å². The molecule has 0 saturated heterocycles. The number of amides is 2. The van der Waals surface area contributed by atoms with E-state index < -0.39 is 40.2 Å². The summed E-state index contributed by atoms with van der Waals surface area (Å²) in [5, 5.41) is 3.25. The van der Waals surface area contributed by atoms with Crippen molar-refractivity contribution < 1.29 is 22.4 Å². The first-order chi connectivity index (χ1) is 21.5. The van der Waals surface area contributed by atoms with Crippen LogP contribution in [0.4, 0.5) is 10.1 Å². The van der Waals surface area contributed by atoms with Crippen molar-refractivity contribution in [3.05, 3.63) is 130 Å². The second-order valence-corrected chi connectivity index (χ2v) is 13.3. The van der Waals surface area contributed by atoms with E-state index >= 15 is 0 Å². The maximum Gasteiger partial charge on any atom is 0.264 e. The zero-order valence-electron chi connectivity index (χ0n) is 24.9. The highest BCUT2D eigenvalue weighted by Crippen LogP contribution is 2.33. The smallest absolute Gasteiger partial charge is 0.264 e. The molecule has 0 fully saturated rings. The summed E-state index contributed by atoms with van der Waals surface area (Å²) in [6, 6.07) is 25.6. The van der Waals surface area contributed by atoms with Crippen LogP contribution in [0.5, 0.6) is 0 Å². The van der Waals surface area contributed by atoms with Gasteiger partial charge in [-0.05, 0) is 66.9 Å². The Hall–Kier alpha value is -3.92. The van der Waals surface area contributed by atoms with Crippen LogP contribution in [0.3, 0.4) is 0 Å². The molecular weight excluding hydrogens is 636 g/mol.